The van der Waals surface area contributed by atoms with Gasteiger partial charge in [0.1, 0.15) is 0 Å². The van der Waals surface area contributed by atoms with Gasteiger partial charge in [-0.25, -0.2) is 13.1 Å². The van der Waals surface area contributed by atoms with Crippen LogP contribution >= 0.6 is 0 Å². The van der Waals surface area contributed by atoms with E-state index in [-0.39, 0.29) is 23.3 Å². The van der Waals surface area contributed by atoms with Crippen molar-refractivity contribution in [1.82, 2.24) is 4.72 Å². The van der Waals surface area contributed by atoms with E-state index in [0.717, 1.165) is 5.56 Å². The minimum absolute atomic E-state index is 0.0728. The average molecular weight is 356 g/mol. The molecule has 0 spiro atoms. The summed E-state index contributed by atoms with van der Waals surface area (Å²) in [6, 6.07) is 6.57. The Labute approximate surface area is 142 Å². The topological polar surface area (TPSA) is 116 Å². The standard InChI is InChI=1S/C16H24N2O5S/c1-11(15(17)20)23-14(19)9-10-18-24(21,22)13-7-5-12(6-8-13)16(2,3)4/h5-8,11,18H,9-10H2,1-4H3,(H2,17,20). The third kappa shape index (κ3) is 5.93. The van der Waals surface area contributed by atoms with Gasteiger partial charge in [-0.2, -0.15) is 0 Å². The molecule has 7 nitrogen and oxygen atoms in total. The van der Waals surface area contributed by atoms with Gasteiger partial charge in [0.25, 0.3) is 5.91 Å². The zero-order chi connectivity index (χ0) is 18.5. The fourth-order valence-corrected chi connectivity index (χ4v) is 2.85. The van der Waals surface area contributed by atoms with Crippen molar-refractivity contribution >= 4 is 21.9 Å². The number of nitrogens with one attached hydrogen (secondary N) is 1. The van der Waals surface area contributed by atoms with Gasteiger partial charge in [0.2, 0.25) is 10.0 Å². The van der Waals surface area contributed by atoms with Gasteiger partial charge in [-0.15, -0.1) is 0 Å². The summed E-state index contributed by atoms with van der Waals surface area (Å²) in [6.07, 6.45) is -1.24. The number of carbonyl (C=O) groups is 2. The van der Waals surface area contributed by atoms with Gasteiger partial charge in [0.15, 0.2) is 6.10 Å². The Morgan fingerprint density at radius 2 is 1.75 bits per heavy atom. The molecule has 1 atom stereocenters. The lowest BCUT2D eigenvalue weighted by Crippen LogP contribution is -2.32. The number of hydrogen-bond donors (Lipinski definition) is 2. The van der Waals surface area contributed by atoms with E-state index in [4.69, 9.17) is 10.5 Å². The minimum Gasteiger partial charge on any atom is -0.453 e. The van der Waals surface area contributed by atoms with Crippen LogP contribution in [-0.2, 0) is 29.8 Å². The van der Waals surface area contributed by atoms with Gasteiger partial charge in [-0.3, -0.25) is 9.59 Å². The molecular weight excluding hydrogens is 332 g/mol. The van der Waals surface area contributed by atoms with Crippen LogP contribution in [0.15, 0.2) is 29.2 Å². The van der Waals surface area contributed by atoms with E-state index in [1.807, 2.05) is 20.8 Å². The Bertz CT molecular complexity index is 690. The van der Waals surface area contributed by atoms with Gasteiger partial charge in [0, 0.05) is 6.54 Å². The quantitative estimate of drug-likeness (QED) is 0.709. The summed E-state index contributed by atoms with van der Waals surface area (Å²) in [7, 11) is -3.71. The molecule has 0 aromatic heterocycles. The molecule has 0 fully saturated rings. The van der Waals surface area contributed by atoms with E-state index in [1.165, 1.54) is 19.1 Å². The van der Waals surface area contributed by atoms with Crippen LogP contribution in [0.2, 0.25) is 0 Å². The largest absolute Gasteiger partial charge is 0.453 e. The lowest BCUT2D eigenvalue weighted by atomic mass is 9.87. The van der Waals surface area contributed by atoms with E-state index in [2.05, 4.69) is 4.72 Å². The molecule has 3 N–H and O–H groups in total. The van der Waals surface area contributed by atoms with Crippen LogP contribution < -0.4 is 10.5 Å². The van der Waals surface area contributed by atoms with Crippen LogP contribution in [0.4, 0.5) is 0 Å². The molecule has 134 valence electrons. The van der Waals surface area contributed by atoms with Crippen molar-refractivity contribution in [3.05, 3.63) is 29.8 Å². The number of sulfonamides is 1. The summed E-state index contributed by atoms with van der Waals surface area (Å²) in [5.74, 6) is -1.46. The van der Waals surface area contributed by atoms with Crippen molar-refractivity contribution in [3.8, 4) is 0 Å². The molecule has 0 aliphatic heterocycles. The second kappa shape index (κ2) is 7.76. The summed E-state index contributed by atoms with van der Waals surface area (Å²) < 4.78 is 31.4. The molecule has 0 saturated heterocycles. The van der Waals surface area contributed by atoms with E-state index in [0.29, 0.717) is 0 Å². The van der Waals surface area contributed by atoms with Crippen molar-refractivity contribution in [2.24, 2.45) is 5.73 Å². The number of benzene rings is 1. The van der Waals surface area contributed by atoms with Gasteiger partial charge in [-0.1, -0.05) is 32.9 Å². The zero-order valence-electron chi connectivity index (χ0n) is 14.3. The number of amides is 1. The lowest BCUT2D eigenvalue weighted by molar-refractivity contribution is -0.153. The maximum atomic E-state index is 12.2. The Balaban J connectivity index is 2.61. The van der Waals surface area contributed by atoms with Crippen LogP contribution in [0.25, 0.3) is 0 Å². The van der Waals surface area contributed by atoms with Crippen LogP contribution in [0.5, 0.6) is 0 Å². The lowest BCUT2D eigenvalue weighted by Gasteiger charge is -2.19. The van der Waals surface area contributed by atoms with Crippen molar-refractivity contribution in [2.75, 3.05) is 6.54 Å². The SMILES string of the molecule is CC(OC(=O)CCNS(=O)(=O)c1ccc(C(C)(C)C)cc1)C(N)=O. The molecule has 0 heterocycles. The molecule has 24 heavy (non-hydrogen) atoms. The first kappa shape index (κ1) is 20.1. The van der Waals surface area contributed by atoms with Gasteiger partial charge in [0.05, 0.1) is 11.3 Å². The second-order valence-corrected chi connectivity index (χ2v) is 8.22. The molecule has 8 heteroatoms. The third-order valence-corrected chi connectivity index (χ3v) is 4.84. The molecule has 1 aromatic carbocycles. The Morgan fingerprint density at radius 3 is 2.21 bits per heavy atom. The molecule has 0 aliphatic rings. The fourth-order valence-electron chi connectivity index (χ4n) is 1.82. The summed E-state index contributed by atoms with van der Waals surface area (Å²) >= 11 is 0. The monoisotopic (exact) mass is 356 g/mol. The highest BCUT2D eigenvalue weighted by atomic mass is 32.2. The Morgan fingerprint density at radius 1 is 1.21 bits per heavy atom. The average Bonchev–Trinajstić information content (AvgIpc) is 2.46. The third-order valence-electron chi connectivity index (χ3n) is 3.36. The predicted octanol–water partition coefficient (Wildman–Crippen LogP) is 1.07. The number of hydrogen-bond acceptors (Lipinski definition) is 5. The molecule has 1 unspecified atom stereocenters. The van der Waals surface area contributed by atoms with Crippen LogP contribution in [0.3, 0.4) is 0 Å². The predicted molar refractivity (Wildman–Crippen MR) is 89.7 cm³/mol. The number of nitrogens with two attached hydrogens (primary N) is 1. The van der Waals surface area contributed by atoms with Crippen LogP contribution in [-0.4, -0.2) is 32.9 Å². The zero-order valence-corrected chi connectivity index (χ0v) is 15.1. The molecule has 0 bridgehead atoms. The number of carbonyl (C=O) groups excluding carboxylic acids is 2. The van der Waals surface area contributed by atoms with E-state index in [9.17, 15) is 18.0 Å². The highest BCUT2D eigenvalue weighted by Gasteiger charge is 2.19. The van der Waals surface area contributed by atoms with Gasteiger partial charge >= 0.3 is 5.97 Å². The van der Waals surface area contributed by atoms with Gasteiger partial charge < -0.3 is 10.5 Å². The minimum atomic E-state index is -3.71. The Hall–Kier alpha value is -1.93. The molecule has 1 aromatic rings. The van der Waals surface area contributed by atoms with E-state index >= 15 is 0 Å². The van der Waals surface area contributed by atoms with Crippen LogP contribution in [0, 0.1) is 0 Å². The van der Waals surface area contributed by atoms with Crippen molar-refractivity contribution in [1.29, 1.82) is 0 Å². The first-order chi connectivity index (χ1) is 10.9. The molecular formula is C16H24N2O5S. The summed E-state index contributed by atoms with van der Waals surface area (Å²) in [5.41, 5.74) is 5.92. The number of ether oxygens (including phenoxy) is 1. The molecule has 1 rings (SSSR count). The van der Waals surface area contributed by atoms with E-state index in [1.54, 1.807) is 12.1 Å². The molecule has 0 radical (unpaired) electrons. The molecule has 0 saturated carbocycles. The Kier molecular flexibility index (Phi) is 6.50. The number of primary amides is 1. The van der Waals surface area contributed by atoms with E-state index < -0.39 is 28.0 Å². The van der Waals surface area contributed by atoms with Crippen molar-refractivity contribution < 1.29 is 22.7 Å². The maximum Gasteiger partial charge on any atom is 0.307 e. The second-order valence-electron chi connectivity index (χ2n) is 6.46. The summed E-state index contributed by atoms with van der Waals surface area (Å²) in [5, 5.41) is 0. The van der Waals surface area contributed by atoms with Crippen LogP contribution in [0.1, 0.15) is 39.7 Å². The smallest absolute Gasteiger partial charge is 0.307 e. The molecule has 0 aliphatic carbocycles. The molecule has 1 amide bonds. The summed E-state index contributed by atoms with van der Waals surface area (Å²) in [4.78, 5) is 22.4. The highest BCUT2D eigenvalue weighted by Crippen LogP contribution is 2.23. The van der Waals surface area contributed by atoms with Crippen molar-refractivity contribution in [3.63, 3.8) is 0 Å². The number of esters is 1. The normalized spacial score (nSPS) is 13.3. The maximum absolute atomic E-state index is 12.2. The fraction of sp³-hybridized carbons (Fsp3) is 0.500. The van der Waals surface area contributed by atoms with Crippen molar-refractivity contribution in [2.45, 2.75) is 50.5 Å². The van der Waals surface area contributed by atoms with Gasteiger partial charge in [-0.05, 0) is 30.0 Å². The first-order valence-corrected chi connectivity index (χ1v) is 9.01. The first-order valence-electron chi connectivity index (χ1n) is 7.52. The highest BCUT2D eigenvalue weighted by molar-refractivity contribution is 7.89. The number of rotatable bonds is 7. The summed E-state index contributed by atoms with van der Waals surface area (Å²) in [6.45, 7) is 7.32.